The molecule has 0 aliphatic carbocycles. The SMILES string of the molecule is COC(=O)CCC1=NOC(C(=O)O)(C(OCc2ccccc2)c2ccc(C(F)(F)F)cc2)C1. The highest BCUT2D eigenvalue weighted by Gasteiger charge is 2.55. The van der Waals surface area contributed by atoms with E-state index in [0.29, 0.717) is 5.71 Å². The van der Waals surface area contributed by atoms with E-state index in [-0.39, 0.29) is 31.4 Å². The van der Waals surface area contributed by atoms with Crippen molar-refractivity contribution in [3.8, 4) is 0 Å². The van der Waals surface area contributed by atoms with Crippen LogP contribution in [0.1, 0.15) is 42.1 Å². The van der Waals surface area contributed by atoms with Crippen molar-refractivity contribution in [2.75, 3.05) is 7.11 Å². The molecule has 0 fully saturated rings. The van der Waals surface area contributed by atoms with Crippen LogP contribution >= 0.6 is 0 Å². The van der Waals surface area contributed by atoms with E-state index in [2.05, 4.69) is 9.89 Å². The van der Waals surface area contributed by atoms with E-state index >= 15 is 0 Å². The Morgan fingerprint density at radius 1 is 1.15 bits per heavy atom. The summed E-state index contributed by atoms with van der Waals surface area (Å²) in [6, 6.07) is 12.9. The van der Waals surface area contributed by atoms with Crippen molar-refractivity contribution in [2.45, 2.75) is 43.8 Å². The molecule has 0 saturated carbocycles. The van der Waals surface area contributed by atoms with Crippen LogP contribution in [0.2, 0.25) is 0 Å². The minimum atomic E-state index is -4.54. The standard InChI is InChI=1S/C23H22F3NO6/c1-31-19(28)12-11-18-13-22(21(29)30,33-27-18)20(32-14-15-5-3-2-4-6-15)16-7-9-17(10-8-16)23(24,25)26/h2-10,20H,11-14H2,1H3,(H,29,30). The van der Waals surface area contributed by atoms with Crippen LogP contribution < -0.4 is 0 Å². The maximum absolute atomic E-state index is 13.0. The fourth-order valence-corrected chi connectivity index (χ4v) is 3.46. The number of alkyl halides is 3. The Balaban J connectivity index is 1.90. The third kappa shape index (κ3) is 5.70. The van der Waals surface area contributed by atoms with E-state index < -0.39 is 35.4 Å². The minimum absolute atomic E-state index is 0.0115. The zero-order valence-electron chi connectivity index (χ0n) is 17.7. The topological polar surface area (TPSA) is 94.4 Å². The van der Waals surface area contributed by atoms with Crippen LogP contribution in [0.15, 0.2) is 59.8 Å². The largest absolute Gasteiger partial charge is 0.478 e. The summed E-state index contributed by atoms with van der Waals surface area (Å²) in [5, 5.41) is 13.9. The van der Waals surface area contributed by atoms with Crippen LogP contribution in [0.3, 0.4) is 0 Å². The third-order valence-corrected chi connectivity index (χ3v) is 5.24. The number of carboxylic acids is 1. The average Bonchev–Trinajstić information content (AvgIpc) is 3.23. The quantitative estimate of drug-likeness (QED) is 0.548. The highest BCUT2D eigenvalue weighted by atomic mass is 19.4. The molecule has 0 saturated heterocycles. The number of esters is 1. The Bertz CT molecular complexity index is 1010. The lowest BCUT2D eigenvalue weighted by Gasteiger charge is -2.31. The molecule has 1 aliphatic rings. The van der Waals surface area contributed by atoms with E-state index in [0.717, 1.165) is 17.7 Å². The number of oxime groups is 1. The molecule has 7 nitrogen and oxygen atoms in total. The van der Waals surface area contributed by atoms with Crippen LogP contribution in [0.25, 0.3) is 0 Å². The molecule has 2 atom stereocenters. The number of nitrogens with zero attached hydrogens (tertiary/aromatic N) is 1. The van der Waals surface area contributed by atoms with Crippen LogP contribution in [-0.2, 0) is 36.7 Å². The highest BCUT2D eigenvalue weighted by Crippen LogP contribution is 2.42. The number of carboxylic acid groups (broad SMARTS) is 1. The smallest absolute Gasteiger partial charge is 0.416 e. The molecule has 2 unspecified atom stereocenters. The zero-order chi connectivity index (χ0) is 24.1. The minimum Gasteiger partial charge on any atom is -0.478 e. The number of aliphatic carboxylic acids is 1. The van der Waals surface area contributed by atoms with Crippen molar-refractivity contribution < 1.29 is 42.2 Å². The fourth-order valence-electron chi connectivity index (χ4n) is 3.46. The predicted molar refractivity (Wildman–Crippen MR) is 110 cm³/mol. The van der Waals surface area contributed by atoms with Gasteiger partial charge in [-0.15, -0.1) is 0 Å². The number of rotatable bonds is 9. The highest BCUT2D eigenvalue weighted by molar-refractivity contribution is 5.95. The van der Waals surface area contributed by atoms with Gasteiger partial charge in [-0.25, -0.2) is 4.79 Å². The molecular formula is C23H22F3NO6. The van der Waals surface area contributed by atoms with Gasteiger partial charge in [-0.1, -0.05) is 47.6 Å². The number of ether oxygens (including phenoxy) is 2. The number of benzene rings is 2. The predicted octanol–water partition coefficient (Wildman–Crippen LogP) is 4.52. The molecule has 1 aliphatic heterocycles. The summed E-state index contributed by atoms with van der Waals surface area (Å²) in [6.07, 6.45) is -5.95. The molecule has 0 amide bonds. The first kappa shape index (κ1) is 24.2. The molecular weight excluding hydrogens is 443 g/mol. The van der Waals surface area contributed by atoms with Crippen molar-refractivity contribution in [1.29, 1.82) is 0 Å². The third-order valence-electron chi connectivity index (χ3n) is 5.24. The average molecular weight is 465 g/mol. The van der Waals surface area contributed by atoms with Crippen molar-refractivity contribution in [2.24, 2.45) is 5.16 Å². The summed E-state index contributed by atoms with van der Waals surface area (Å²) in [6.45, 7) is -0.0115. The Labute approximate surface area is 187 Å². The Morgan fingerprint density at radius 3 is 2.39 bits per heavy atom. The number of carbonyl (C=O) groups is 2. The van der Waals surface area contributed by atoms with E-state index in [1.54, 1.807) is 30.3 Å². The van der Waals surface area contributed by atoms with Gasteiger partial charge in [-0.2, -0.15) is 13.2 Å². The first-order valence-electron chi connectivity index (χ1n) is 10.0. The maximum atomic E-state index is 13.0. The van der Waals surface area contributed by atoms with Crippen LogP contribution in [-0.4, -0.2) is 35.5 Å². The van der Waals surface area contributed by atoms with Crippen molar-refractivity contribution in [3.63, 3.8) is 0 Å². The van der Waals surface area contributed by atoms with Crippen molar-refractivity contribution >= 4 is 17.7 Å². The maximum Gasteiger partial charge on any atom is 0.416 e. The normalized spacial score (nSPS) is 18.8. The van der Waals surface area contributed by atoms with Gasteiger partial charge >= 0.3 is 18.1 Å². The van der Waals surface area contributed by atoms with Gasteiger partial charge in [0.05, 0.1) is 31.4 Å². The number of methoxy groups -OCH3 is 1. The number of halogens is 3. The number of hydrogen-bond acceptors (Lipinski definition) is 6. The van der Waals surface area contributed by atoms with Gasteiger partial charge in [0, 0.05) is 6.42 Å². The lowest BCUT2D eigenvalue weighted by molar-refractivity contribution is -0.187. The van der Waals surface area contributed by atoms with Gasteiger partial charge in [0.25, 0.3) is 5.60 Å². The van der Waals surface area contributed by atoms with E-state index in [9.17, 15) is 27.9 Å². The fraction of sp³-hybridized carbons (Fsp3) is 0.348. The summed E-state index contributed by atoms with van der Waals surface area (Å²) in [4.78, 5) is 29.2. The van der Waals surface area contributed by atoms with Crippen LogP contribution in [0.4, 0.5) is 13.2 Å². The Hall–Kier alpha value is -3.40. The molecule has 2 aromatic rings. The van der Waals surface area contributed by atoms with Gasteiger partial charge in [0.1, 0.15) is 6.10 Å². The first-order valence-corrected chi connectivity index (χ1v) is 10.0. The number of carbonyl (C=O) groups excluding carboxylic acids is 1. The molecule has 0 radical (unpaired) electrons. The summed E-state index contributed by atoms with van der Waals surface area (Å²) >= 11 is 0. The second-order valence-corrected chi connectivity index (χ2v) is 7.49. The van der Waals surface area contributed by atoms with Crippen LogP contribution in [0.5, 0.6) is 0 Å². The second kappa shape index (κ2) is 10.0. The summed E-state index contributed by atoms with van der Waals surface area (Å²) in [7, 11) is 1.23. The molecule has 1 N–H and O–H groups in total. The van der Waals surface area contributed by atoms with E-state index in [1.807, 2.05) is 0 Å². The summed E-state index contributed by atoms with van der Waals surface area (Å²) in [5.74, 6) is -1.89. The van der Waals surface area contributed by atoms with Crippen LogP contribution in [0, 0.1) is 0 Å². The molecule has 3 rings (SSSR count). The molecule has 2 aromatic carbocycles. The van der Waals surface area contributed by atoms with Gasteiger partial charge < -0.3 is 19.4 Å². The summed E-state index contributed by atoms with van der Waals surface area (Å²) in [5.41, 5.74) is -1.66. The molecule has 176 valence electrons. The van der Waals surface area contributed by atoms with Gasteiger partial charge in [0.15, 0.2) is 0 Å². The Morgan fingerprint density at radius 2 is 1.82 bits per heavy atom. The zero-order valence-corrected chi connectivity index (χ0v) is 17.7. The summed E-state index contributed by atoms with van der Waals surface area (Å²) < 4.78 is 49.6. The Kier molecular flexibility index (Phi) is 7.37. The first-order chi connectivity index (χ1) is 15.7. The van der Waals surface area contributed by atoms with Crippen molar-refractivity contribution in [1.82, 2.24) is 0 Å². The molecule has 0 bridgehead atoms. The molecule has 10 heteroatoms. The van der Waals surface area contributed by atoms with Gasteiger partial charge in [0.2, 0.25) is 0 Å². The molecule has 33 heavy (non-hydrogen) atoms. The lowest BCUT2D eigenvalue weighted by Crippen LogP contribution is -2.46. The molecule has 0 spiro atoms. The lowest BCUT2D eigenvalue weighted by atomic mass is 9.85. The van der Waals surface area contributed by atoms with E-state index in [4.69, 9.17) is 9.57 Å². The molecule has 1 heterocycles. The van der Waals surface area contributed by atoms with Gasteiger partial charge in [-0.05, 0) is 29.7 Å². The number of hydrogen-bond donors (Lipinski definition) is 1. The van der Waals surface area contributed by atoms with Crippen molar-refractivity contribution in [3.05, 3.63) is 71.3 Å². The van der Waals surface area contributed by atoms with Gasteiger partial charge in [-0.3, -0.25) is 4.79 Å². The van der Waals surface area contributed by atoms with E-state index in [1.165, 1.54) is 19.2 Å². The molecule has 0 aromatic heterocycles. The second-order valence-electron chi connectivity index (χ2n) is 7.49. The monoisotopic (exact) mass is 465 g/mol.